The molecule has 0 bridgehead atoms. The van der Waals surface area contributed by atoms with E-state index in [2.05, 4.69) is 20.9 Å². The summed E-state index contributed by atoms with van der Waals surface area (Å²) in [6.45, 7) is 0.589. The second-order valence-electron chi connectivity index (χ2n) is 3.03. The topological polar surface area (TPSA) is 38.7 Å². The van der Waals surface area contributed by atoms with Gasteiger partial charge in [0.2, 0.25) is 6.08 Å². The molecule has 0 N–H and O–H groups in total. The number of fused-ring (bicyclic) bond motifs is 1. The van der Waals surface area contributed by atoms with Crippen LogP contribution in [0.5, 0.6) is 5.75 Å². The minimum absolute atomic E-state index is 0.103. The van der Waals surface area contributed by atoms with Crippen LogP contribution in [0.3, 0.4) is 0 Å². The summed E-state index contributed by atoms with van der Waals surface area (Å²) in [6.07, 6.45) is 2.34. The SMILES string of the molecule is O=C=NC1CCOc2c(Br)cccc21. The van der Waals surface area contributed by atoms with Gasteiger partial charge in [0, 0.05) is 12.0 Å². The highest BCUT2D eigenvalue weighted by atomic mass is 79.9. The third-order valence-electron chi connectivity index (χ3n) is 2.20. The molecular weight excluding hydrogens is 246 g/mol. The van der Waals surface area contributed by atoms with E-state index in [1.54, 1.807) is 6.08 Å². The predicted molar refractivity (Wildman–Crippen MR) is 55.1 cm³/mol. The maximum atomic E-state index is 10.2. The number of nitrogens with zero attached hydrogens (tertiary/aromatic N) is 1. The van der Waals surface area contributed by atoms with Gasteiger partial charge in [-0.3, -0.25) is 0 Å². The van der Waals surface area contributed by atoms with Gasteiger partial charge < -0.3 is 4.74 Å². The summed E-state index contributed by atoms with van der Waals surface area (Å²) in [7, 11) is 0. The molecule has 3 nitrogen and oxygen atoms in total. The van der Waals surface area contributed by atoms with Crippen molar-refractivity contribution in [3.8, 4) is 5.75 Å². The van der Waals surface area contributed by atoms with Crippen molar-refractivity contribution in [1.29, 1.82) is 0 Å². The average Bonchev–Trinajstić information content (AvgIpc) is 2.20. The number of ether oxygens (including phenoxy) is 1. The van der Waals surface area contributed by atoms with E-state index < -0.39 is 0 Å². The van der Waals surface area contributed by atoms with Crippen LogP contribution in [0.2, 0.25) is 0 Å². The van der Waals surface area contributed by atoms with Crippen LogP contribution >= 0.6 is 15.9 Å². The van der Waals surface area contributed by atoms with Crippen LogP contribution in [0.1, 0.15) is 18.0 Å². The number of benzene rings is 1. The molecule has 14 heavy (non-hydrogen) atoms. The summed E-state index contributed by atoms with van der Waals surface area (Å²) >= 11 is 3.40. The third-order valence-corrected chi connectivity index (χ3v) is 2.83. The molecular formula is C10H8BrNO2. The average molecular weight is 254 g/mol. The largest absolute Gasteiger partial charge is 0.492 e. The summed E-state index contributed by atoms with van der Waals surface area (Å²) in [4.78, 5) is 14.0. The predicted octanol–water partition coefficient (Wildman–Crippen LogP) is 2.61. The number of rotatable bonds is 1. The Morgan fingerprint density at radius 2 is 2.43 bits per heavy atom. The van der Waals surface area contributed by atoms with Crippen LogP contribution in [-0.2, 0) is 4.79 Å². The van der Waals surface area contributed by atoms with Crippen molar-refractivity contribution in [2.24, 2.45) is 4.99 Å². The van der Waals surface area contributed by atoms with Crippen molar-refractivity contribution in [3.63, 3.8) is 0 Å². The van der Waals surface area contributed by atoms with Crippen LogP contribution in [0.4, 0.5) is 0 Å². The molecule has 1 unspecified atom stereocenters. The van der Waals surface area contributed by atoms with Crippen molar-refractivity contribution < 1.29 is 9.53 Å². The number of hydrogen-bond acceptors (Lipinski definition) is 3. The quantitative estimate of drug-likeness (QED) is 0.570. The molecule has 1 aliphatic rings. The highest BCUT2D eigenvalue weighted by molar-refractivity contribution is 9.10. The fourth-order valence-electron chi connectivity index (χ4n) is 1.57. The zero-order valence-corrected chi connectivity index (χ0v) is 8.95. The summed E-state index contributed by atoms with van der Waals surface area (Å²) < 4.78 is 6.40. The first-order valence-corrected chi connectivity index (χ1v) is 5.10. The first-order chi connectivity index (χ1) is 6.83. The molecule has 4 heteroatoms. The van der Waals surface area contributed by atoms with E-state index in [1.165, 1.54) is 0 Å². The molecule has 0 spiro atoms. The minimum Gasteiger partial charge on any atom is -0.492 e. The molecule has 1 heterocycles. The number of isocyanates is 1. The molecule has 0 aliphatic carbocycles. The van der Waals surface area contributed by atoms with Crippen LogP contribution in [0.15, 0.2) is 27.7 Å². The molecule has 0 aromatic heterocycles. The van der Waals surface area contributed by atoms with E-state index >= 15 is 0 Å². The summed E-state index contributed by atoms with van der Waals surface area (Å²) in [5.41, 5.74) is 0.953. The Morgan fingerprint density at radius 1 is 1.57 bits per heavy atom. The second-order valence-corrected chi connectivity index (χ2v) is 3.89. The molecule has 2 rings (SSSR count). The third kappa shape index (κ3) is 1.59. The normalized spacial score (nSPS) is 19.1. The minimum atomic E-state index is -0.103. The monoisotopic (exact) mass is 253 g/mol. The molecule has 0 amide bonds. The van der Waals surface area contributed by atoms with E-state index in [-0.39, 0.29) is 6.04 Å². The molecule has 1 atom stereocenters. The number of halogens is 1. The van der Waals surface area contributed by atoms with Gasteiger partial charge in [-0.05, 0) is 22.0 Å². The molecule has 1 aromatic carbocycles. The van der Waals surface area contributed by atoms with Crippen LogP contribution in [0.25, 0.3) is 0 Å². The first kappa shape index (κ1) is 9.44. The lowest BCUT2D eigenvalue weighted by Gasteiger charge is -2.22. The Hall–Kier alpha value is -1.12. The molecule has 1 aliphatic heterocycles. The van der Waals surface area contributed by atoms with E-state index in [4.69, 9.17) is 4.74 Å². The van der Waals surface area contributed by atoms with E-state index in [0.29, 0.717) is 6.61 Å². The van der Waals surface area contributed by atoms with Crippen LogP contribution < -0.4 is 4.74 Å². The van der Waals surface area contributed by atoms with Gasteiger partial charge in [0.15, 0.2) is 0 Å². The molecule has 0 fully saturated rings. The number of para-hydroxylation sites is 1. The molecule has 0 saturated heterocycles. The molecule has 0 saturated carbocycles. The van der Waals surface area contributed by atoms with E-state index in [9.17, 15) is 4.79 Å². The maximum Gasteiger partial charge on any atom is 0.235 e. The fraction of sp³-hybridized carbons (Fsp3) is 0.300. The second kappa shape index (κ2) is 3.95. The van der Waals surface area contributed by atoms with Gasteiger partial charge in [0.1, 0.15) is 5.75 Å². The summed E-state index contributed by atoms with van der Waals surface area (Å²) in [5, 5.41) is 0. The van der Waals surface area contributed by atoms with Gasteiger partial charge in [-0.1, -0.05) is 12.1 Å². The lowest BCUT2D eigenvalue weighted by atomic mass is 10.0. The molecule has 0 radical (unpaired) electrons. The Balaban J connectivity index is 2.49. The summed E-state index contributed by atoms with van der Waals surface area (Å²) in [5.74, 6) is 0.794. The Labute approximate surface area is 89.9 Å². The Bertz CT molecular complexity index is 399. The van der Waals surface area contributed by atoms with Gasteiger partial charge in [0.25, 0.3) is 0 Å². The standard InChI is InChI=1S/C10H8BrNO2/c11-8-3-1-2-7-9(12-6-13)4-5-14-10(7)8/h1-3,9H,4-5H2. The number of aliphatic imine (C=N–C) groups is 1. The number of hydrogen-bond donors (Lipinski definition) is 0. The lowest BCUT2D eigenvalue weighted by molar-refractivity contribution is 0.267. The van der Waals surface area contributed by atoms with Crippen molar-refractivity contribution in [3.05, 3.63) is 28.2 Å². The zero-order chi connectivity index (χ0) is 9.97. The number of carbonyl (C=O) groups excluding carboxylic acids is 1. The van der Waals surface area contributed by atoms with Gasteiger partial charge in [-0.2, -0.15) is 4.99 Å². The van der Waals surface area contributed by atoms with Crippen molar-refractivity contribution >= 4 is 22.0 Å². The molecule has 72 valence electrons. The van der Waals surface area contributed by atoms with Crippen LogP contribution in [-0.4, -0.2) is 12.7 Å². The van der Waals surface area contributed by atoms with Crippen molar-refractivity contribution in [1.82, 2.24) is 0 Å². The molecule has 1 aromatic rings. The fourth-order valence-corrected chi connectivity index (χ4v) is 2.06. The van der Waals surface area contributed by atoms with Gasteiger partial charge in [-0.25, -0.2) is 4.79 Å². The van der Waals surface area contributed by atoms with Gasteiger partial charge in [-0.15, -0.1) is 0 Å². The zero-order valence-electron chi connectivity index (χ0n) is 7.37. The lowest BCUT2D eigenvalue weighted by Crippen LogP contribution is -2.13. The summed E-state index contributed by atoms with van der Waals surface area (Å²) in [6, 6.07) is 5.63. The Kier molecular flexibility index (Phi) is 2.66. The Morgan fingerprint density at radius 3 is 3.21 bits per heavy atom. The van der Waals surface area contributed by atoms with Crippen molar-refractivity contribution in [2.75, 3.05) is 6.61 Å². The smallest absolute Gasteiger partial charge is 0.235 e. The van der Waals surface area contributed by atoms with E-state index in [1.807, 2.05) is 18.2 Å². The first-order valence-electron chi connectivity index (χ1n) is 4.31. The highest BCUT2D eigenvalue weighted by Gasteiger charge is 2.22. The highest BCUT2D eigenvalue weighted by Crippen LogP contribution is 2.39. The van der Waals surface area contributed by atoms with Gasteiger partial charge in [0.05, 0.1) is 17.1 Å². The van der Waals surface area contributed by atoms with E-state index in [0.717, 1.165) is 22.2 Å². The van der Waals surface area contributed by atoms with Crippen LogP contribution in [0, 0.1) is 0 Å². The van der Waals surface area contributed by atoms with Crippen molar-refractivity contribution in [2.45, 2.75) is 12.5 Å². The maximum absolute atomic E-state index is 10.2. The van der Waals surface area contributed by atoms with Gasteiger partial charge >= 0.3 is 0 Å².